The van der Waals surface area contributed by atoms with E-state index >= 15 is 0 Å². The fourth-order valence-electron chi connectivity index (χ4n) is 2.39. The summed E-state index contributed by atoms with van der Waals surface area (Å²) in [4.78, 5) is 38.6. The third-order valence-electron chi connectivity index (χ3n) is 3.53. The lowest BCUT2D eigenvalue weighted by Gasteiger charge is -2.13. The number of H-pyrrole nitrogens is 1. The van der Waals surface area contributed by atoms with Crippen molar-refractivity contribution in [3.63, 3.8) is 0 Å². The van der Waals surface area contributed by atoms with Crippen molar-refractivity contribution in [1.29, 1.82) is 0 Å². The van der Waals surface area contributed by atoms with Crippen molar-refractivity contribution in [1.82, 2.24) is 24.5 Å². The minimum Gasteiger partial charge on any atom is -0.477 e. The van der Waals surface area contributed by atoms with E-state index in [2.05, 4.69) is 19.9 Å². The predicted octanol–water partition coefficient (Wildman–Crippen LogP) is 1.84. The molecule has 8 nitrogen and oxygen atoms in total. The number of aromatic amines is 1. The van der Waals surface area contributed by atoms with Crippen LogP contribution in [0.2, 0.25) is 0 Å². The van der Waals surface area contributed by atoms with Crippen LogP contribution in [0.5, 0.6) is 0 Å². The summed E-state index contributed by atoms with van der Waals surface area (Å²) < 4.78 is 1.59. The summed E-state index contributed by atoms with van der Waals surface area (Å²) in [6, 6.07) is 2.99. The molecular weight excluding hydrogens is 310 g/mol. The summed E-state index contributed by atoms with van der Waals surface area (Å²) in [5, 5.41) is 8.96. The maximum absolute atomic E-state index is 12.5. The zero-order valence-electron chi connectivity index (χ0n) is 13.1. The van der Waals surface area contributed by atoms with Gasteiger partial charge in [0.1, 0.15) is 12.0 Å². The van der Waals surface area contributed by atoms with E-state index in [0.717, 1.165) is 0 Å². The Labute approximate surface area is 136 Å². The largest absolute Gasteiger partial charge is 0.477 e. The number of nitrogens with one attached hydrogen (secondary N) is 1. The summed E-state index contributed by atoms with van der Waals surface area (Å²) in [7, 11) is 0. The number of carboxylic acids is 1. The molecule has 0 atom stereocenters. The molecule has 3 aromatic rings. The average molecular weight is 325 g/mol. The summed E-state index contributed by atoms with van der Waals surface area (Å²) >= 11 is 0. The highest BCUT2D eigenvalue weighted by Gasteiger charge is 2.18. The van der Waals surface area contributed by atoms with Gasteiger partial charge in [-0.25, -0.2) is 19.7 Å². The number of hydrogen-bond acceptors (Lipinski definition) is 5. The van der Waals surface area contributed by atoms with Gasteiger partial charge in [-0.2, -0.15) is 0 Å². The van der Waals surface area contributed by atoms with E-state index in [1.54, 1.807) is 23.0 Å². The van der Waals surface area contributed by atoms with Crippen LogP contribution in [-0.2, 0) is 0 Å². The van der Waals surface area contributed by atoms with E-state index in [1.165, 1.54) is 18.6 Å². The second-order valence-corrected chi connectivity index (χ2v) is 5.51. The zero-order chi connectivity index (χ0) is 17.3. The van der Waals surface area contributed by atoms with Gasteiger partial charge in [0.05, 0.1) is 5.69 Å². The van der Waals surface area contributed by atoms with Crippen molar-refractivity contribution in [3.05, 3.63) is 58.7 Å². The molecule has 0 bridgehead atoms. The van der Waals surface area contributed by atoms with Gasteiger partial charge < -0.3 is 5.11 Å². The van der Waals surface area contributed by atoms with Crippen LogP contribution in [0, 0.1) is 0 Å². The van der Waals surface area contributed by atoms with Crippen LogP contribution in [0.3, 0.4) is 0 Å². The Morgan fingerprint density at radius 1 is 1.33 bits per heavy atom. The van der Waals surface area contributed by atoms with Crippen LogP contribution in [0.1, 0.15) is 35.8 Å². The molecule has 2 N–H and O–H groups in total. The number of imidazole rings is 1. The first-order valence-electron chi connectivity index (χ1n) is 7.29. The summed E-state index contributed by atoms with van der Waals surface area (Å²) in [6.07, 6.45) is 6.19. The average Bonchev–Trinajstić information content (AvgIpc) is 3.08. The van der Waals surface area contributed by atoms with Crippen LogP contribution >= 0.6 is 0 Å². The molecule has 122 valence electrons. The SMILES string of the molecule is CC(C)c1c(-c2ccc(C(=O)O)nc2)nc(-n2ccnc2)[nH]c1=O. The van der Waals surface area contributed by atoms with Gasteiger partial charge in [0.2, 0.25) is 5.95 Å². The second-order valence-electron chi connectivity index (χ2n) is 5.51. The van der Waals surface area contributed by atoms with Crippen LogP contribution in [0.25, 0.3) is 17.2 Å². The molecule has 0 aromatic carbocycles. The number of pyridine rings is 1. The van der Waals surface area contributed by atoms with Crippen LogP contribution < -0.4 is 5.56 Å². The quantitative estimate of drug-likeness (QED) is 0.756. The number of rotatable bonds is 4. The monoisotopic (exact) mass is 325 g/mol. The van der Waals surface area contributed by atoms with E-state index in [0.29, 0.717) is 22.8 Å². The van der Waals surface area contributed by atoms with Gasteiger partial charge >= 0.3 is 5.97 Å². The van der Waals surface area contributed by atoms with E-state index < -0.39 is 5.97 Å². The van der Waals surface area contributed by atoms with E-state index in [9.17, 15) is 9.59 Å². The maximum atomic E-state index is 12.5. The minimum absolute atomic E-state index is 0.0627. The van der Waals surface area contributed by atoms with Crippen LogP contribution in [-0.4, -0.2) is 35.6 Å². The number of aromatic carboxylic acids is 1. The summed E-state index contributed by atoms with van der Waals surface area (Å²) in [6.45, 7) is 3.79. The smallest absolute Gasteiger partial charge is 0.354 e. The molecule has 0 aliphatic heterocycles. The lowest BCUT2D eigenvalue weighted by atomic mass is 9.99. The molecule has 0 radical (unpaired) electrons. The lowest BCUT2D eigenvalue weighted by Crippen LogP contribution is -2.20. The molecule has 3 aromatic heterocycles. The van der Waals surface area contributed by atoms with Crippen molar-refractivity contribution >= 4 is 5.97 Å². The normalized spacial score (nSPS) is 11.0. The summed E-state index contributed by atoms with van der Waals surface area (Å²) in [5.41, 5.74) is 1.26. The molecule has 24 heavy (non-hydrogen) atoms. The first-order chi connectivity index (χ1) is 11.5. The molecule has 0 spiro atoms. The first kappa shape index (κ1) is 15.6. The Bertz CT molecular complexity index is 927. The van der Waals surface area contributed by atoms with Gasteiger partial charge in [-0.15, -0.1) is 0 Å². The van der Waals surface area contributed by atoms with Crippen molar-refractivity contribution < 1.29 is 9.90 Å². The third kappa shape index (κ3) is 2.81. The van der Waals surface area contributed by atoms with Crippen LogP contribution in [0.15, 0.2) is 41.8 Å². The molecule has 0 unspecified atom stereocenters. The highest BCUT2D eigenvalue weighted by atomic mass is 16.4. The molecule has 0 aliphatic rings. The Morgan fingerprint density at radius 3 is 2.67 bits per heavy atom. The van der Waals surface area contributed by atoms with Gasteiger partial charge in [-0.3, -0.25) is 14.3 Å². The van der Waals surface area contributed by atoms with Crippen molar-refractivity contribution in [3.8, 4) is 17.2 Å². The standard InChI is InChI=1S/C16H15N5O3/c1-9(2)12-13(10-3-4-11(15(23)24)18-7-10)19-16(20-14(12)22)21-6-5-17-8-21/h3-9H,1-2H3,(H,23,24)(H,19,20,22). The fourth-order valence-corrected chi connectivity index (χ4v) is 2.39. The van der Waals surface area contributed by atoms with Crippen molar-refractivity contribution in [2.75, 3.05) is 0 Å². The second kappa shape index (κ2) is 6.07. The third-order valence-corrected chi connectivity index (χ3v) is 3.53. The van der Waals surface area contributed by atoms with Crippen molar-refractivity contribution in [2.24, 2.45) is 0 Å². The number of carboxylic acid groups (broad SMARTS) is 1. The molecule has 0 saturated heterocycles. The highest BCUT2D eigenvalue weighted by Crippen LogP contribution is 2.24. The Balaban J connectivity index is 2.20. The molecule has 0 amide bonds. The summed E-state index contributed by atoms with van der Waals surface area (Å²) in [5.74, 6) is -0.838. The van der Waals surface area contributed by atoms with E-state index in [1.807, 2.05) is 13.8 Å². The zero-order valence-corrected chi connectivity index (χ0v) is 13.1. The van der Waals surface area contributed by atoms with E-state index in [-0.39, 0.29) is 17.2 Å². The Hall–Kier alpha value is -3.29. The number of nitrogens with zero attached hydrogens (tertiary/aromatic N) is 4. The lowest BCUT2D eigenvalue weighted by molar-refractivity contribution is 0.0690. The highest BCUT2D eigenvalue weighted by molar-refractivity contribution is 5.85. The maximum Gasteiger partial charge on any atom is 0.354 e. The predicted molar refractivity (Wildman–Crippen MR) is 86.3 cm³/mol. The molecule has 3 rings (SSSR count). The number of carbonyl (C=O) groups is 1. The molecule has 3 heterocycles. The van der Waals surface area contributed by atoms with Crippen LogP contribution in [0.4, 0.5) is 0 Å². The number of hydrogen-bond donors (Lipinski definition) is 2. The van der Waals surface area contributed by atoms with E-state index in [4.69, 9.17) is 5.11 Å². The van der Waals surface area contributed by atoms with Gasteiger partial charge in [0.15, 0.2) is 0 Å². The molecule has 0 fully saturated rings. The topological polar surface area (TPSA) is 114 Å². The molecule has 0 saturated carbocycles. The fraction of sp³-hybridized carbons (Fsp3) is 0.188. The number of aromatic nitrogens is 5. The Kier molecular flexibility index (Phi) is 3.95. The Morgan fingerprint density at radius 2 is 2.12 bits per heavy atom. The molecule has 8 heteroatoms. The van der Waals surface area contributed by atoms with Gasteiger partial charge in [0.25, 0.3) is 5.56 Å². The van der Waals surface area contributed by atoms with Gasteiger partial charge in [-0.1, -0.05) is 13.8 Å². The first-order valence-corrected chi connectivity index (χ1v) is 7.29. The van der Waals surface area contributed by atoms with Crippen molar-refractivity contribution in [2.45, 2.75) is 19.8 Å². The molecule has 0 aliphatic carbocycles. The molecular formula is C16H15N5O3. The van der Waals surface area contributed by atoms with Gasteiger partial charge in [-0.05, 0) is 18.1 Å². The van der Waals surface area contributed by atoms with Gasteiger partial charge in [0, 0.05) is 29.7 Å². The minimum atomic E-state index is -1.11.